The largest absolute Gasteiger partial charge is 0.493 e. The molecule has 0 aliphatic heterocycles. The smallest absolute Gasteiger partial charge is 0.174 e. The summed E-state index contributed by atoms with van der Waals surface area (Å²) in [6, 6.07) is 3.53. The lowest BCUT2D eigenvalue weighted by Gasteiger charge is -2.25. The molecule has 0 saturated heterocycles. The van der Waals surface area contributed by atoms with Gasteiger partial charge in [-0.2, -0.15) is 0 Å². The van der Waals surface area contributed by atoms with Gasteiger partial charge in [-0.25, -0.2) is 0 Å². The van der Waals surface area contributed by atoms with E-state index in [-0.39, 0.29) is 0 Å². The van der Waals surface area contributed by atoms with Gasteiger partial charge in [-0.15, -0.1) is 0 Å². The molecular formula is C13H15IO3. The van der Waals surface area contributed by atoms with Crippen LogP contribution >= 0.6 is 22.6 Å². The third kappa shape index (κ3) is 2.91. The van der Waals surface area contributed by atoms with E-state index >= 15 is 0 Å². The molecule has 0 heterocycles. The molecule has 0 N–H and O–H groups in total. The monoisotopic (exact) mass is 346 g/mol. The number of benzene rings is 1. The molecule has 0 aromatic heterocycles. The number of ether oxygens (including phenoxy) is 2. The van der Waals surface area contributed by atoms with E-state index in [4.69, 9.17) is 9.47 Å². The van der Waals surface area contributed by atoms with Gasteiger partial charge in [0, 0.05) is 5.56 Å². The van der Waals surface area contributed by atoms with Crippen molar-refractivity contribution in [3.63, 3.8) is 0 Å². The van der Waals surface area contributed by atoms with Gasteiger partial charge in [0.1, 0.15) is 6.29 Å². The van der Waals surface area contributed by atoms with Gasteiger partial charge in [0.25, 0.3) is 0 Å². The molecule has 0 spiro atoms. The molecule has 1 fully saturated rings. The molecule has 1 aromatic carbocycles. The molecule has 0 amide bonds. The van der Waals surface area contributed by atoms with E-state index in [0.29, 0.717) is 17.2 Å². The van der Waals surface area contributed by atoms with Gasteiger partial charge in [-0.05, 0) is 53.5 Å². The average molecular weight is 346 g/mol. The third-order valence-electron chi connectivity index (χ3n) is 3.08. The zero-order valence-electron chi connectivity index (χ0n) is 9.74. The van der Waals surface area contributed by atoms with Crippen LogP contribution in [0.3, 0.4) is 0 Å². The lowest BCUT2D eigenvalue weighted by atomic mass is 9.86. The van der Waals surface area contributed by atoms with E-state index < -0.39 is 0 Å². The summed E-state index contributed by atoms with van der Waals surface area (Å²) < 4.78 is 12.0. The number of hydrogen-bond acceptors (Lipinski definition) is 3. The van der Waals surface area contributed by atoms with E-state index in [1.54, 1.807) is 13.2 Å². The molecule has 1 aliphatic carbocycles. The van der Waals surface area contributed by atoms with Gasteiger partial charge in [0.15, 0.2) is 11.5 Å². The number of rotatable bonds is 5. The molecule has 0 unspecified atom stereocenters. The minimum Gasteiger partial charge on any atom is -0.493 e. The van der Waals surface area contributed by atoms with Crippen LogP contribution in [-0.2, 0) is 0 Å². The van der Waals surface area contributed by atoms with Crippen LogP contribution in [0.25, 0.3) is 0 Å². The van der Waals surface area contributed by atoms with Gasteiger partial charge in [0.2, 0.25) is 0 Å². The number of hydrogen-bond donors (Lipinski definition) is 0. The maximum Gasteiger partial charge on any atom is 0.174 e. The first-order valence-electron chi connectivity index (χ1n) is 5.70. The zero-order valence-corrected chi connectivity index (χ0v) is 11.9. The molecule has 92 valence electrons. The highest BCUT2D eigenvalue weighted by Crippen LogP contribution is 2.35. The quantitative estimate of drug-likeness (QED) is 0.606. The molecule has 0 atom stereocenters. The van der Waals surface area contributed by atoms with Crippen molar-refractivity contribution >= 4 is 28.9 Å². The molecule has 1 aromatic rings. The average Bonchev–Trinajstić information content (AvgIpc) is 2.28. The fraction of sp³-hybridized carbons (Fsp3) is 0.462. The first-order valence-corrected chi connectivity index (χ1v) is 6.78. The van der Waals surface area contributed by atoms with Gasteiger partial charge in [-0.3, -0.25) is 4.79 Å². The lowest BCUT2D eigenvalue weighted by Crippen LogP contribution is -2.19. The predicted molar refractivity (Wildman–Crippen MR) is 73.9 cm³/mol. The number of carbonyl (C=O) groups is 1. The second kappa shape index (κ2) is 5.71. The van der Waals surface area contributed by atoms with Crippen LogP contribution < -0.4 is 9.47 Å². The summed E-state index contributed by atoms with van der Waals surface area (Å²) in [7, 11) is 1.59. The topological polar surface area (TPSA) is 35.5 Å². The van der Waals surface area contributed by atoms with Crippen LogP contribution in [0.5, 0.6) is 11.5 Å². The summed E-state index contributed by atoms with van der Waals surface area (Å²) in [6.45, 7) is 0.743. The number of aldehydes is 1. The Labute approximate surface area is 115 Å². The van der Waals surface area contributed by atoms with Crippen molar-refractivity contribution in [1.29, 1.82) is 0 Å². The number of methoxy groups -OCH3 is 1. The molecule has 0 bridgehead atoms. The highest BCUT2D eigenvalue weighted by Gasteiger charge is 2.20. The van der Waals surface area contributed by atoms with E-state index in [9.17, 15) is 4.79 Å². The molecule has 2 rings (SSSR count). The maximum absolute atomic E-state index is 10.8. The van der Waals surface area contributed by atoms with Gasteiger partial charge in [0.05, 0.1) is 17.3 Å². The van der Waals surface area contributed by atoms with Crippen molar-refractivity contribution < 1.29 is 14.3 Å². The Bertz CT molecular complexity index is 413. The Morgan fingerprint density at radius 1 is 1.47 bits per heavy atom. The third-order valence-corrected chi connectivity index (χ3v) is 3.88. The lowest BCUT2D eigenvalue weighted by molar-refractivity contribution is 0.112. The molecule has 4 heteroatoms. The minimum absolute atomic E-state index is 0.613. The highest BCUT2D eigenvalue weighted by atomic mass is 127. The summed E-state index contributed by atoms with van der Waals surface area (Å²) in [6.07, 6.45) is 4.64. The summed E-state index contributed by atoms with van der Waals surface area (Å²) in [5, 5.41) is 0. The van der Waals surface area contributed by atoms with Gasteiger partial charge < -0.3 is 9.47 Å². The van der Waals surface area contributed by atoms with E-state index in [1.807, 2.05) is 6.07 Å². The Kier molecular flexibility index (Phi) is 4.25. The maximum atomic E-state index is 10.8. The summed E-state index contributed by atoms with van der Waals surface area (Å²) in [4.78, 5) is 10.8. The number of halogens is 1. The summed E-state index contributed by atoms with van der Waals surface area (Å²) in [5.74, 6) is 2.07. The fourth-order valence-corrected chi connectivity index (χ4v) is 2.59. The van der Waals surface area contributed by atoms with Crippen molar-refractivity contribution in [3.8, 4) is 11.5 Å². The first-order chi connectivity index (χ1) is 8.24. The molecule has 17 heavy (non-hydrogen) atoms. The SMILES string of the molecule is COc1cc(C=O)cc(I)c1OCC1CCC1. The van der Waals surface area contributed by atoms with Crippen LogP contribution in [0.15, 0.2) is 12.1 Å². The second-order valence-electron chi connectivity index (χ2n) is 4.26. The van der Waals surface area contributed by atoms with Crippen molar-refractivity contribution in [3.05, 3.63) is 21.3 Å². The van der Waals surface area contributed by atoms with Gasteiger partial charge in [-0.1, -0.05) is 6.42 Å². The predicted octanol–water partition coefficient (Wildman–Crippen LogP) is 3.29. The van der Waals surface area contributed by atoms with Crippen LogP contribution in [0.1, 0.15) is 29.6 Å². The molecular weight excluding hydrogens is 331 g/mol. The van der Waals surface area contributed by atoms with Crippen LogP contribution in [0.2, 0.25) is 0 Å². The summed E-state index contributed by atoms with van der Waals surface area (Å²) >= 11 is 2.17. The zero-order chi connectivity index (χ0) is 12.3. The van der Waals surface area contributed by atoms with E-state index in [0.717, 1.165) is 22.2 Å². The van der Waals surface area contributed by atoms with Crippen molar-refractivity contribution in [1.82, 2.24) is 0 Å². The Morgan fingerprint density at radius 2 is 2.24 bits per heavy atom. The van der Waals surface area contributed by atoms with Crippen LogP contribution in [-0.4, -0.2) is 20.0 Å². The molecule has 0 radical (unpaired) electrons. The molecule has 1 saturated carbocycles. The Balaban J connectivity index is 2.15. The molecule has 1 aliphatic rings. The normalized spacial score (nSPS) is 15.2. The standard InChI is InChI=1S/C13H15IO3/c1-16-12-6-10(7-15)5-11(14)13(12)17-8-9-3-2-4-9/h5-7,9H,2-4,8H2,1H3. The first kappa shape index (κ1) is 12.7. The van der Waals surface area contributed by atoms with E-state index in [2.05, 4.69) is 22.6 Å². The Hall–Kier alpha value is -0.780. The van der Waals surface area contributed by atoms with Crippen molar-refractivity contribution in [2.24, 2.45) is 5.92 Å². The molecule has 3 nitrogen and oxygen atoms in total. The minimum atomic E-state index is 0.613. The summed E-state index contributed by atoms with van der Waals surface area (Å²) in [5.41, 5.74) is 0.613. The number of carbonyl (C=O) groups excluding carboxylic acids is 1. The Morgan fingerprint density at radius 3 is 2.76 bits per heavy atom. The fourth-order valence-electron chi connectivity index (χ4n) is 1.81. The van der Waals surface area contributed by atoms with Gasteiger partial charge >= 0.3 is 0 Å². The van der Waals surface area contributed by atoms with Crippen LogP contribution in [0.4, 0.5) is 0 Å². The van der Waals surface area contributed by atoms with E-state index in [1.165, 1.54) is 19.3 Å². The van der Waals surface area contributed by atoms with Crippen LogP contribution in [0, 0.1) is 9.49 Å². The highest BCUT2D eigenvalue weighted by molar-refractivity contribution is 14.1. The van der Waals surface area contributed by atoms with Crippen molar-refractivity contribution in [2.75, 3.05) is 13.7 Å². The van der Waals surface area contributed by atoms with Crippen molar-refractivity contribution in [2.45, 2.75) is 19.3 Å². The second-order valence-corrected chi connectivity index (χ2v) is 5.42.